The highest BCUT2D eigenvalue weighted by Crippen LogP contribution is 2.16. The number of pyridine rings is 1. The van der Waals surface area contributed by atoms with E-state index in [2.05, 4.69) is 23.9 Å². The van der Waals surface area contributed by atoms with Gasteiger partial charge in [-0.15, -0.1) is 0 Å². The first kappa shape index (κ1) is 11.8. The lowest BCUT2D eigenvalue weighted by molar-refractivity contribution is 0.796. The molecular formula is C13H18N4. The molecule has 4 nitrogen and oxygen atoms in total. The van der Waals surface area contributed by atoms with Gasteiger partial charge in [0.05, 0.1) is 5.69 Å². The van der Waals surface area contributed by atoms with Crippen molar-refractivity contribution in [2.45, 2.75) is 34.2 Å². The van der Waals surface area contributed by atoms with Gasteiger partial charge in [-0.1, -0.05) is 6.07 Å². The van der Waals surface area contributed by atoms with E-state index in [4.69, 9.17) is 5.73 Å². The summed E-state index contributed by atoms with van der Waals surface area (Å²) in [6.07, 6.45) is 0. The van der Waals surface area contributed by atoms with Gasteiger partial charge < -0.3 is 5.73 Å². The molecule has 2 rings (SSSR count). The number of nitrogens with two attached hydrogens (primary N) is 1. The van der Waals surface area contributed by atoms with Crippen LogP contribution in [-0.2, 0) is 6.54 Å². The van der Waals surface area contributed by atoms with Gasteiger partial charge in [-0.3, -0.25) is 0 Å². The third kappa shape index (κ3) is 1.96. The molecule has 90 valence electrons. The largest absolute Gasteiger partial charge is 0.326 e. The van der Waals surface area contributed by atoms with Gasteiger partial charge in [-0.25, -0.2) is 9.67 Å². The fourth-order valence-electron chi connectivity index (χ4n) is 1.85. The molecule has 0 spiro atoms. The van der Waals surface area contributed by atoms with E-state index in [9.17, 15) is 0 Å². The summed E-state index contributed by atoms with van der Waals surface area (Å²) in [5.41, 5.74) is 11.1. The maximum atomic E-state index is 5.64. The van der Waals surface area contributed by atoms with Crippen LogP contribution in [0.1, 0.15) is 28.2 Å². The van der Waals surface area contributed by atoms with Crippen molar-refractivity contribution in [1.82, 2.24) is 14.8 Å². The standard InChI is InChI=1S/C13H18N4/c1-8-9(2)16-17(11(8)4)13-6-5-12(7-14)10(3)15-13/h5-6H,7,14H2,1-4H3. The molecule has 0 saturated carbocycles. The Balaban J connectivity index is 2.53. The lowest BCUT2D eigenvalue weighted by atomic mass is 10.2. The molecule has 17 heavy (non-hydrogen) atoms. The number of hydrogen-bond donors (Lipinski definition) is 1. The summed E-state index contributed by atoms with van der Waals surface area (Å²) >= 11 is 0. The molecule has 0 bridgehead atoms. The summed E-state index contributed by atoms with van der Waals surface area (Å²) in [4.78, 5) is 4.55. The van der Waals surface area contributed by atoms with Crippen LogP contribution in [0.3, 0.4) is 0 Å². The molecule has 0 amide bonds. The molecule has 2 aromatic heterocycles. The molecule has 0 radical (unpaired) electrons. The zero-order chi connectivity index (χ0) is 12.6. The Morgan fingerprint density at radius 3 is 2.29 bits per heavy atom. The van der Waals surface area contributed by atoms with Gasteiger partial charge in [0.25, 0.3) is 0 Å². The molecule has 0 saturated heterocycles. The second-order valence-corrected chi connectivity index (χ2v) is 4.33. The van der Waals surface area contributed by atoms with Gasteiger partial charge in [0.15, 0.2) is 5.82 Å². The topological polar surface area (TPSA) is 56.7 Å². The predicted molar refractivity (Wildman–Crippen MR) is 68.2 cm³/mol. The van der Waals surface area contributed by atoms with Crippen LogP contribution in [0, 0.1) is 27.7 Å². The van der Waals surface area contributed by atoms with Gasteiger partial charge in [-0.05, 0) is 44.9 Å². The van der Waals surface area contributed by atoms with Crippen LogP contribution in [0.4, 0.5) is 0 Å². The van der Waals surface area contributed by atoms with Gasteiger partial charge >= 0.3 is 0 Å². The normalized spacial score (nSPS) is 10.9. The zero-order valence-corrected chi connectivity index (χ0v) is 10.8. The first-order valence-corrected chi connectivity index (χ1v) is 5.74. The summed E-state index contributed by atoms with van der Waals surface area (Å²) in [5, 5.41) is 4.50. The Labute approximate surface area is 101 Å². The molecule has 0 aliphatic carbocycles. The SMILES string of the molecule is Cc1nc(-n2nc(C)c(C)c2C)ccc1CN. The minimum Gasteiger partial charge on any atom is -0.326 e. The van der Waals surface area contributed by atoms with E-state index in [0.29, 0.717) is 6.54 Å². The van der Waals surface area contributed by atoms with Crippen molar-refractivity contribution >= 4 is 0 Å². The Morgan fingerprint density at radius 1 is 1.12 bits per heavy atom. The molecule has 0 aromatic carbocycles. The van der Waals surface area contributed by atoms with Crippen molar-refractivity contribution in [3.8, 4) is 5.82 Å². The Bertz CT molecular complexity index is 555. The molecule has 0 aliphatic rings. The smallest absolute Gasteiger partial charge is 0.153 e. The summed E-state index contributed by atoms with van der Waals surface area (Å²) in [6, 6.07) is 3.98. The van der Waals surface area contributed by atoms with Gasteiger partial charge in [0, 0.05) is 17.9 Å². The predicted octanol–water partition coefficient (Wildman–Crippen LogP) is 1.96. The van der Waals surface area contributed by atoms with Crippen LogP contribution in [0.2, 0.25) is 0 Å². The summed E-state index contributed by atoms with van der Waals surface area (Å²) in [6.45, 7) is 8.65. The third-order valence-corrected chi connectivity index (χ3v) is 3.27. The molecule has 0 unspecified atom stereocenters. The molecule has 4 heteroatoms. The van der Waals surface area contributed by atoms with Crippen molar-refractivity contribution in [1.29, 1.82) is 0 Å². The first-order chi connectivity index (χ1) is 8.04. The minimum atomic E-state index is 0.523. The average molecular weight is 230 g/mol. The third-order valence-electron chi connectivity index (χ3n) is 3.27. The monoisotopic (exact) mass is 230 g/mol. The van der Waals surface area contributed by atoms with Crippen molar-refractivity contribution in [3.05, 3.63) is 40.3 Å². The quantitative estimate of drug-likeness (QED) is 0.858. The Hall–Kier alpha value is -1.68. The second kappa shape index (κ2) is 4.30. The molecule has 0 fully saturated rings. The van der Waals surface area contributed by atoms with Crippen LogP contribution in [0.5, 0.6) is 0 Å². The van der Waals surface area contributed by atoms with E-state index in [1.807, 2.05) is 30.7 Å². The fourth-order valence-corrected chi connectivity index (χ4v) is 1.85. The van der Waals surface area contributed by atoms with E-state index in [1.165, 1.54) is 5.56 Å². The lowest BCUT2D eigenvalue weighted by Crippen LogP contribution is -2.06. The van der Waals surface area contributed by atoms with E-state index in [-0.39, 0.29) is 0 Å². The highest BCUT2D eigenvalue weighted by molar-refractivity contribution is 5.34. The van der Waals surface area contributed by atoms with Crippen molar-refractivity contribution in [2.75, 3.05) is 0 Å². The maximum absolute atomic E-state index is 5.64. The number of aromatic nitrogens is 3. The van der Waals surface area contributed by atoms with E-state index >= 15 is 0 Å². The van der Waals surface area contributed by atoms with Crippen molar-refractivity contribution < 1.29 is 0 Å². The lowest BCUT2D eigenvalue weighted by Gasteiger charge is -2.07. The highest BCUT2D eigenvalue weighted by Gasteiger charge is 2.10. The Kier molecular flexibility index (Phi) is 2.98. The van der Waals surface area contributed by atoms with Crippen LogP contribution in [0.25, 0.3) is 5.82 Å². The van der Waals surface area contributed by atoms with E-state index in [1.54, 1.807) is 0 Å². The molecule has 0 atom stereocenters. The summed E-state index contributed by atoms with van der Waals surface area (Å²) in [5.74, 6) is 0.855. The molecule has 0 aliphatic heterocycles. The molecule has 2 N–H and O–H groups in total. The van der Waals surface area contributed by atoms with Crippen molar-refractivity contribution in [3.63, 3.8) is 0 Å². The van der Waals surface area contributed by atoms with Crippen LogP contribution < -0.4 is 5.73 Å². The Morgan fingerprint density at radius 2 is 1.82 bits per heavy atom. The highest BCUT2D eigenvalue weighted by atomic mass is 15.3. The van der Waals surface area contributed by atoms with E-state index in [0.717, 1.165) is 28.5 Å². The fraction of sp³-hybridized carbons (Fsp3) is 0.385. The molecular weight excluding hydrogens is 212 g/mol. The first-order valence-electron chi connectivity index (χ1n) is 5.74. The molecule has 2 heterocycles. The molecule has 2 aromatic rings. The zero-order valence-electron chi connectivity index (χ0n) is 10.8. The van der Waals surface area contributed by atoms with Gasteiger partial charge in [0.1, 0.15) is 0 Å². The number of aryl methyl sites for hydroxylation is 2. The van der Waals surface area contributed by atoms with Gasteiger partial charge in [-0.2, -0.15) is 5.10 Å². The number of nitrogens with zero attached hydrogens (tertiary/aromatic N) is 3. The van der Waals surface area contributed by atoms with Crippen molar-refractivity contribution in [2.24, 2.45) is 5.73 Å². The second-order valence-electron chi connectivity index (χ2n) is 4.33. The average Bonchev–Trinajstić information content (AvgIpc) is 2.57. The van der Waals surface area contributed by atoms with Gasteiger partial charge in [0.2, 0.25) is 0 Å². The van der Waals surface area contributed by atoms with E-state index < -0.39 is 0 Å². The number of hydrogen-bond acceptors (Lipinski definition) is 3. The maximum Gasteiger partial charge on any atom is 0.153 e. The number of rotatable bonds is 2. The summed E-state index contributed by atoms with van der Waals surface area (Å²) in [7, 11) is 0. The van der Waals surface area contributed by atoms with Crippen LogP contribution >= 0.6 is 0 Å². The summed E-state index contributed by atoms with van der Waals surface area (Å²) < 4.78 is 1.89. The van der Waals surface area contributed by atoms with Crippen LogP contribution in [0.15, 0.2) is 12.1 Å². The minimum absolute atomic E-state index is 0.523. The van der Waals surface area contributed by atoms with Crippen LogP contribution in [-0.4, -0.2) is 14.8 Å².